The fourth-order valence-corrected chi connectivity index (χ4v) is 6.98. The highest BCUT2D eigenvalue weighted by Gasteiger charge is 2.60. The van der Waals surface area contributed by atoms with Crippen LogP contribution in [0.15, 0.2) is 41.6 Å². The number of halogens is 1. The molecule has 2 aliphatic rings. The molecule has 1 saturated heterocycles. The van der Waals surface area contributed by atoms with E-state index in [1.54, 1.807) is 44.3 Å². The minimum Gasteiger partial charge on any atom is -0.312 e. The lowest BCUT2D eigenvalue weighted by atomic mass is 9.98. The molecule has 0 bridgehead atoms. The van der Waals surface area contributed by atoms with Crippen LogP contribution in [0, 0.1) is 0 Å². The van der Waals surface area contributed by atoms with E-state index in [2.05, 4.69) is 15.5 Å². The Bertz CT molecular complexity index is 1100. The summed E-state index contributed by atoms with van der Waals surface area (Å²) in [6.07, 6.45) is 0. The number of sulfone groups is 1. The highest BCUT2D eigenvalue weighted by Crippen LogP contribution is 2.48. The van der Waals surface area contributed by atoms with Gasteiger partial charge in [-0.05, 0) is 22.9 Å². The van der Waals surface area contributed by atoms with Crippen LogP contribution in [0.1, 0.15) is 28.4 Å². The largest absolute Gasteiger partial charge is 0.312 e. The van der Waals surface area contributed by atoms with Gasteiger partial charge in [-0.25, -0.2) is 13.1 Å². The summed E-state index contributed by atoms with van der Waals surface area (Å²) in [7, 11) is -2.31. The van der Waals surface area contributed by atoms with Crippen molar-refractivity contribution in [3.63, 3.8) is 0 Å². The molecule has 0 spiro atoms. The molecule has 3 atom stereocenters. The Morgan fingerprint density at radius 1 is 1.26 bits per heavy atom. The number of tetrazole rings is 1. The molecule has 2 aliphatic heterocycles. The molecule has 2 aromatic rings. The van der Waals surface area contributed by atoms with Crippen molar-refractivity contribution in [3.05, 3.63) is 53.0 Å². The number of benzene rings is 1. The van der Waals surface area contributed by atoms with Gasteiger partial charge in [-0.15, -0.1) is 16.7 Å². The van der Waals surface area contributed by atoms with Crippen LogP contribution in [0.5, 0.6) is 0 Å². The Balaban J connectivity index is 1.96. The Morgan fingerprint density at radius 3 is 2.52 bits per heavy atom. The van der Waals surface area contributed by atoms with Crippen molar-refractivity contribution in [3.8, 4) is 0 Å². The number of ketones is 1. The number of nitrogens with zero attached hydrogens (tertiary/aromatic N) is 5. The van der Waals surface area contributed by atoms with E-state index < -0.39 is 25.8 Å². The molecule has 3 heterocycles. The fourth-order valence-electron chi connectivity index (χ4n) is 3.49. The van der Waals surface area contributed by atoms with Crippen molar-refractivity contribution in [2.75, 3.05) is 0 Å². The van der Waals surface area contributed by atoms with Gasteiger partial charge in [-0.1, -0.05) is 42.5 Å². The van der Waals surface area contributed by atoms with Gasteiger partial charge in [0.2, 0.25) is 5.78 Å². The number of allylic oxidation sites excluding steroid dienone is 1. The maximum Gasteiger partial charge on any atom is 0.209 e. The molecule has 4 rings (SSSR count). The van der Waals surface area contributed by atoms with E-state index in [0.29, 0.717) is 11.1 Å². The summed E-state index contributed by atoms with van der Waals surface area (Å²) in [4.78, 5) is 14.8. The second kappa shape index (κ2) is 6.18. The number of hydrogen-bond donors (Lipinski definition) is 0. The molecule has 0 radical (unpaired) electrons. The SMILES string of the molecule is CC1=C(C(=O)c2ccccc2)N2C(=S)[C@H](Cl)[C@H]2S(=O)(=O)C1c1nnnn1C. The van der Waals surface area contributed by atoms with Crippen LogP contribution in [-0.4, -0.2) is 55.0 Å². The number of rotatable bonds is 3. The predicted molar refractivity (Wildman–Crippen MR) is 102 cm³/mol. The second-order valence-corrected chi connectivity index (χ2v) is 9.38. The molecule has 27 heavy (non-hydrogen) atoms. The van der Waals surface area contributed by atoms with Gasteiger partial charge in [0.05, 0.1) is 5.70 Å². The normalized spacial score (nSPS) is 26.6. The van der Waals surface area contributed by atoms with Crippen molar-refractivity contribution in [2.24, 2.45) is 7.05 Å². The molecular weight excluding hydrogens is 410 g/mol. The van der Waals surface area contributed by atoms with Crippen molar-refractivity contribution in [1.29, 1.82) is 0 Å². The monoisotopic (exact) mass is 423 g/mol. The second-order valence-electron chi connectivity index (χ2n) is 6.36. The number of thiocarbonyl (C=S) groups is 1. The maximum absolute atomic E-state index is 13.3. The van der Waals surface area contributed by atoms with E-state index in [9.17, 15) is 13.2 Å². The van der Waals surface area contributed by atoms with Gasteiger partial charge in [0.1, 0.15) is 15.6 Å². The van der Waals surface area contributed by atoms with Gasteiger partial charge >= 0.3 is 0 Å². The fraction of sp³-hybridized carbons (Fsp3) is 0.312. The summed E-state index contributed by atoms with van der Waals surface area (Å²) in [6.45, 7) is 1.59. The van der Waals surface area contributed by atoms with Crippen LogP contribution in [0.25, 0.3) is 0 Å². The Hall–Kier alpha value is -2.17. The molecular formula is C16H14ClN5O3S2. The number of alkyl halides is 1. The third-order valence-electron chi connectivity index (χ3n) is 4.79. The van der Waals surface area contributed by atoms with Gasteiger partial charge in [0, 0.05) is 12.6 Å². The smallest absolute Gasteiger partial charge is 0.209 e. The van der Waals surface area contributed by atoms with Crippen LogP contribution in [0.3, 0.4) is 0 Å². The quantitative estimate of drug-likeness (QED) is 0.415. The third kappa shape index (κ3) is 2.47. The summed E-state index contributed by atoms with van der Waals surface area (Å²) < 4.78 is 27.8. The number of aromatic nitrogens is 4. The molecule has 0 N–H and O–H groups in total. The number of aryl methyl sites for hydroxylation is 1. The zero-order valence-electron chi connectivity index (χ0n) is 14.3. The average Bonchev–Trinajstić information content (AvgIpc) is 3.06. The van der Waals surface area contributed by atoms with Crippen LogP contribution >= 0.6 is 23.8 Å². The van der Waals surface area contributed by atoms with Gasteiger partial charge in [0.15, 0.2) is 21.0 Å². The number of Topliss-reactive ketones (excluding diaryl/α,β-unsaturated/α-hetero) is 1. The predicted octanol–water partition coefficient (Wildman–Crippen LogP) is 1.41. The van der Waals surface area contributed by atoms with Crippen LogP contribution in [-0.2, 0) is 16.9 Å². The molecule has 1 aromatic carbocycles. The van der Waals surface area contributed by atoms with Gasteiger partial charge in [0.25, 0.3) is 0 Å². The molecule has 1 unspecified atom stereocenters. The number of hydrogen-bond acceptors (Lipinski definition) is 7. The first-order valence-electron chi connectivity index (χ1n) is 7.99. The van der Waals surface area contributed by atoms with Gasteiger partial charge in [-0.2, -0.15) is 0 Å². The first-order chi connectivity index (χ1) is 12.8. The number of carbonyl (C=O) groups excluding carboxylic acids is 1. The molecule has 1 aromatic heterocycles. The first kappa shape index (κ1) is 18.2. The molecule has 11 heteroatoms. The summed E-state index contributed by atoms with van der Waals surface area (Å²) in [5.41, 5.74) is 0.973. The highest BCUT2D eigenvalue weighted by molar-refractivity contribution is 7.93. The van der Waals surface area contributed by atoms with E-state index >= 15 is 0 Å². The minimum atomic E-state index is -3.86. The lowest BCUT2D eigenvalue weighted by molar-refractivity contribution is 0.0995. The number of fused-ring (bicyclic) bond motifs is 1. The van der Waals surface area contributed by atoms with Gasteiger partial charge < -0.3 is 4.90 Å². The summed E-state index contributed by atoms with van der Waals surface area (Å²) in [5.74, 6) is -0.189. The van der Waals surface area contributed by atoms with Crippen LogP contribution in [0.4, 0.5) is 0 Å². The zero-order valence-corrected chi connectivity index (χ0v) is 16.7. The molecule has 140 valence electrons. The average molecular weight is 424 g/mol. The Kier molecular flexibility index (Phi) is 4.17. The van der Waals surface area contributed by atoms with E-state index in [0.717, 1.165) is 0 Å². The van der Waals surface area contributed by atoms with Gasteiger partial charge in [-0.3, -0.25) is 4.79 Å². The first-order valence-corrected chi connectivity index (χ1v) is 10.4. The van der Waals surface area contributed by atoms with Crippen LogP contribution in [0.2, 0.25) is 0 Å². The third-order valence-corrected chi connectivity index (χ3v) is 8.34. The van der Waals surface area contributed by atoms with Crippen LogP contribution < -0.4 is 0 Å². The van der Waals surface area contributed by atoms with E-state index in [1.165, 1.54) is 9.58 Å². The van der Waals surface area contributed by atoms with Crippen molar-refractivity contribution in [1.82, 2.24) is 25.1 Å². The van der Waals surface area contributed by atoms with E-state index in [4.69, 9.17) is 23.8 Å². The maximum atomic E-state index is 13.3. The number of carbonyl (C=O) groups is 1. The molecule has 0 saturated carbocycles. The van der Waals surface area contributed by atoms with Crippen molar-refractivity contribution < 1.29 is 13.2 Å². The highest BCUT2D eigenvalue weighted by atomic mass is 35.5. The molecule has 0 amide bonds. The summed E-state index contributed by atoms with van der Waals surface area (Å²) >= 11 is 11.5. The standard InChI is InChI=1S/C16H14ClN5O3S2/c1-8-11(12(23)9-6-4-3-5-7-9)22-15(26)10(17)16(22)27(24,25)13(8)14-18-19-20-21(14)2/h3-7,10,13,16H,1-2H3/t10-,13?,16+/m0/s1. The lowest BCUT2D eigenvalue weighted by Gasteiger charge is -2.51. The topological polar surface area (TPSA) is 98.1 Å². The summed E-state index contributed by atoms with van der Waals surface area (Å²) in [6, 6.07) is 8.61. The van der Waals surface area contributed by atoms with E-state index in [1.807, 2.05) is 0 Å². The van der Waals surface area contributed by atoms with E-state index in [-0.39, 0.29) is 22.3 Å². The Labute approximate surface area is 165 Å². The summed E-state index contributed by atoms with van der Waals surface area (Å²) in [5, 5.41) is 7.94. The van der Waals surface area contributed by atoms with Crippen molar-refractivity contribution >= 4 is 44.4 Å². The molecule has 1 fully saturated rings. The minimum absolute atomic E-state index is 0.132. The lowest BCUT2D eigenvalue weighted by Crippen LogP contribution is -2.67. The Morgan fingerprint density at radius 2 is 1.93 bits per heavy atom. The molecule has 8 nitrogen and oxygen atoms in total. The molecule has 0 aliphatic carbocycles. The zero-order chi connectivity index (χ0) is 19.5. The van der Waals surface area contributed by atoms with Crippen molar-refractivity contribution in [2.45, 2.75) is 22.9 Å².